The average Bonchev–Trinajstić information content (AvgIpc) is 2.59. The molecule has 2 aromatic rings. The van der Waals surface area contributed by atoms with Crippen LogP contribution in [0.25, 0.3) is 0 Å². The van der Waals surface area contributed by atoms with Crippen molar-refractivity contribution in [2.24, 2.45) is 0 Å². The number of alkyl halides is 3. The summed E-state index contributed by atoms with van der Waals surface area (Å²) in [5.74, 6) is -2.32. The van der Waals surface area contributed by atoms with Crippen LogP contribution < -0.4 is 0 Å². The Kier molecular flexibility index (Phi) is 5.66. The molecule has 0 saturated carbocycles. The molecule has 8 heteroatoms. The van der Waals surface area contributed by atoms with Crippen LogP contribution in [0.3, 0.4) is 0 Å². The fourth-order valence-electron chi connectivity index (χ4n) is 2.41. The highest BCUT2D eigenvalue weighted by atomic mass is 19.4. The molecule has 0 bridgehead atoms. The fraction of sp³-hybridized carbons (Fsp3) is 0.235. The fourth-order valence-corrected chi connectivity index (χ4v) is 2.41. The van der Waals surface area contributed by atoms with E-state index in [1.807, 2.05) is 0 Å². The van der Waals surface area contributed by atoms with Gasteiger partial charge in [0.25, 0.3) is 11.5 Å². The predicted molar refractivity (Wildman–Crippen MR) is 84.7 cm³/mol. The monoisotopic (exact) mass is 354 g/mol. The third-order valence-corrected chi connectivity index (χ3v) is 3.42. The van der Waals surface area contributed by atoms with Gasteiger partial charge in [0.05, 0.1) is 5.56 Å². The van der Waals surface area contributed by atoms with Gasteiger partial charge < -0.3 is 19.9 Å². The second kappa shape index (κ2) is 7.54. The predicted octanol–water partition coefficient (Wildman–Crippen LogP) is 3.56. The molecular formula is C17H15F3NO4-. The summed E-state index contributed by atoms with van der Waals surface area (Å²) in [4.78, 5) is -0.789. The van der Waals surface area contributed by atoms with Crippen molar-refractivity contribution >= 4 is 5.71 Å². The lowest BCUT2D eigenvalue weighted by Gasteiger charge is -2.33. The van der Waals surface area contributed by atoms with Gasteiger partial charge in [-0.25, -0.2) is 0 Å². The van der Waals surface area contributed by atoms with Crippen LogP contribution in [-0.4, -0.2) is 30.5 Å². The van der Waals surface area contributed by atoms with E-state index in [-0.39, 0.29) is 11.1 Å². The Labute approximate surface area is 142 Å². The summed E-state index contributed by atoms with van der Waals surface area (Å²) in [7, 11) is 1.07. The minimum Gasteiger partial charge on any atom is -0.612 e. The molecule has 1 unspecified atom stereocenters. The van der Waals surface area contributed by atoms with Gasteiger partial charge in [0, 0.05) is 12.7 Å². The van der Waals surface area contributed by atoms with E-state index in [4.69, 9.17) is 9.47 Å². The van der Waals surface area contributed by atoms with Gasteiger partial charge in [-0.15, -0.1) is 0 Å². The van der Waals surface area contributed by atoms with Crippen LogP contribution in [-0.2, 0) is 15.3 Å². The molecule has 0 aliphatic rings. The molecule has 0 aliphatic heterocycles. The lowest BCUT2D eigenvalue weighted by Crippen LogP contribution is -2.46. The molecule has 0 heterocycles. The molecule has 0 amide bonds. The van der Waals surface area contributed by atoms with Crippen LogP contribution in [0.5, 0.6) is 0 Å². The van der Waals surface area contributed by atoms with Gasteiger partial charge in [-0.1, -0.05) is 48.5 Å². The summed E-state index contributed by atoms with van der Waals surface area (Å²) in [6.07, 6.45) is -4.68. The van der Waals surface area contributed by atoms with Crippen molar-refractivity contribution < 1.29 is 27.5 Å². The van der Waals surface area contributed by atoms with Gasteiger partial charge in [0.2, 0.25) is 0 Å². The van der Waals surface area contributed by atoms with Gasteiger partial charge in [0.1, 0.15) is 6.61 Å². The zero-order valence-corrected chi connectivity index (χ0v) is 13.2. The molecule has 1 atom stereocenters. The maximum Gasteiger partial charge on any atom is 0.411 e. The van der Waals surface area contributed by atoms with Crippen molar-refractivity contribution in [2.75, 3.05) is 13.7 Å². The Balaban J connectivity index is 2.66. The number of hydrogen-bond acceptors (Lipinski definition) is 4. The first-order chi connectivity index (χ1) is 11.8. The second-order valence-electron chi connectivity index (χ2n) is 5.06. The zero-order valence-electron chi connectivity index (χ0n) is 13.2. The molecule has 0 aromatic heterocycles. The van der Waals surface area contributed by atoms with E-state index < -0.39 is 29.2 Å². The summed E-state index contributed by atoms with van der Waals surface area (Å²) in [5.41, 5.74) is -0.469. The summed E-state index contributed by atoms with van der Waals surface area (Å²) in [5, 5.41) is 23.5. The normalized spacial score (nSPS) is 13.9. The number of halogens is 3. The molecule has 0 saturated heterocycles. The number of rotatable bonds is 6. The molecule has 0 aliphatic carbocycles. The Hall–Kier alpha value is -2.58. The Morgan fingerprint density at radius 2 is 1.48 bits per heavy atom. The Morgan fingerprint density at radius 1 is 0.960 bits per heavy atom. The summed E-state index contributed by atoms with van der Waals surface area (Å²) in [6.45, 7) is -1.71. The van der Waals surface area contributed by atoms with Crippen molar-refractivity contribution in [1.29, 1.82) is 0 Å². The van der Waals surface area contributed by atoms with Crippen LogP contribution in [0.4, 0.5) is 13.2 Å². The van der Waals surface area contributed by atoms with Gasteiger partial charge >= 0.3 is 6.18 Å². The maximum absolute atomic E-state index is 12.7. The smallest absolute Gasteiger partial charge is 0.411 e. The van der Waals surface area contributed by atoms with E-state index in [0.29, 0.717) is 0 Å². The molecule has 0 spiro atoms. The first kappa shape index (κ1) is 18.8. The number of nitrogens with zero attached hydrogens (tertiary/aromatic N) is 1. The van der Waals surface area contributed by atoms with Crippen LogP contribution in [0, 0.1) is 10.4 Å². The minimum absolute atomic E-state index is 0.0808. The van der Waals surface area contributed by atoms with Crippen molar-refractivity contribution in [3.05, 3.63) is 82.2 Å². The van der Waals surface area contributed by atoms with Crippen LogP contribution in [0.1, 0.15) is 11.1 Å². The number of ether oxygens (including phenoxy) is 2. The van der Waals surface area contributed by atoms with Crippen LogP contribution >= 0.6 is 0 Å². The molecule has 5 nitrogen and oxygen atoms in total. The molecular weight excluding hydrogens is 339 g/mol. The molecule has 134 valence electrons. The highest BCUT2D eigenvalue weighted by molar-refractivity contribution is 6.03. The molecule has 2 aromatic carbocycles. The summed E-state index contributed by atoms with van der Waals surface area (Å²) in [6, 6.07) is 15.0. The molecule has 0 fully saturated rings. The van der Waals surface area contributed by atoms with Crippen molar-refractivity contribution in [3.8, 4) is 0 Å². The number of methoxy groups -OCH3 is 1. The van der Waals surface area contributed by atoms with E-state index in [1.54, 1.807) is 12.1 Å². The van der Waals surface area contributed by atoms with E-state index in [2.05, 4.69) is 0 Å². The first-order valence-corrected chi connectivity index (χ1v) is 7.19. The van der Waals surface area contributed by atoms with Gasteiger partial charge in [-0.3, -0.25) is 0 Å². The maximum atomic E-state index is 12.7. The van der Waals surface area contributed by atoms with Gasteiger partial charge in [-0.05, 0) is 12.1 Å². The van der Waals surface area contributed by atoms with Crippen molar-refractivity contribution in [2.45, 2.75) is 12.0 Å². The van der Waals surface area contributed by atoms with Gasteiger partial charge in [0.15, 0.2) is 0 Å². The molecule has 2 rings (SSSR count). The van der Waals surface area contributed by atoms with E-state index >= 15 is 0 Å². The molecule has 0 N–H and O–H groups in total. The Bertz CT molecular complexity index is 716. The molecule has 25 heavy (non-hydrogen) atoms. The SMILES string of the molecule is COC(OCC(F)(F)F)(C(c1ccccc1)=[N+]([O-])[O-])c1ccccc1. The third-order valence-electron chi connectivity index (χ3n) is 3.42. The topological polar surface area (TPSA) is 67.6 Å². The third kappa shape index (κ3) is 4.28. The lowest BCUT2D eigenvalue weighted by molar-refractivity contribution is -0.396. The number of benzene rings is 2. The molecule has 0 radical (unpaired) electrons. The average molecular weight is 354 g/mol. The zero-order chi connectivity index (χ0) is 18.5. The van der Waals surface area contributed by atoms with Crippen LogP contribution in [0.15, 0.2) is 60.7 Å². The van der Waals surface area contributed by atoms with Crippen molar-refractivity contribution in [3.63, 3.8) is 0 Å². The highest BCUT2D eigenvalue weighted by Gasteiger charge is 2.48. The summed E-state index contributed by atoms with van der Waals surface area (Å²) < 4.78 is 48.4. The second-order valence-corrected chi connectivity index (χ2v) is 5.06. The van der Waals surface area contributed by atoms with Crippen LogP contribution in [0.2, 0.25) is 0 Å². The quantitative estimate of drug-likeness (QED) is 0.344. The van der Waals surface area contributed by atoms with Crippen molar-refractivity contribution in [1.82, 2.24) is 0 Å². The lowest BCUT2D eigenvalue weighted by atomic mass is 9.95. The highest BCUT2D eigenvalue weighted by Crippen LogP contribution is 2.33. The van der Waals surface area contributed by atoms with E-state index in [1.165, 1.54) is 48.5 Å². The van der Waals surface area contributed by atoms with E-state index in [0.717, 1.165) is 7.11 Å². The number of hydrogen-bond donors (Lipinski definition) is 0. The van der Waals surface area contributed by atoms with E-state index in [9.17, 15) is 23.6 Å². The first-order valence-electron chi connectivity index (χ1n) is 7.19. The minimum atomic E-state index is -4.68. The summed E-state index contributed by atoms with van der Waals surface area (Å²) >= 11 is 0. The Morgan fingerprint density at radius 3 is 1.92 bits per heavy atom. The standard InChI is InChI=1S/C17H15F3NO4/c1-24-17(25-12-16(18,19)20,14-10-6-3-7-11-14)15(21(22)23)13-8-4-2-5-9-13/h2-11H,12H2,1H3/q-1. The van der Waals surface area contributed by atoms with Gasteiger partial charge in [-0.2, -0.15) is 18.1 Å². The largest absolute Gasteiger partial charge is 0.612 e.